The van der Waals surface area contributed by atoms with Crippen LogP contribution in [0.1, 0.15) is 29.4 Å². The van der Waals surface area contributed by atoms with Crippen LogP contribution in [-0.4, -0.2) is 33.7 Å². The van der Waals surface area contributed by atoms with E-state index in [9.17, 15) is 4.79 Å². The van der Waals surface area contributed by atoms with Gasteiger partial charge in [-0.2, -0.15) is 11.8 Å². The number of fused-ring (bicyclic) bond motifs is 2. The summed E-state index contributed by atoms with van der Waals surface area (Å²) >= 11 is 1.73. The molecule has 1 heterocycles. The number of nitrogens with zero attached hydrogens (tertiary/aromatic N) is 3. The molecule has 0 fully saturated rings. The second kappa shape index (κ2) is 7.16. The van der Waals surface area contributed by atoms with E-state index in [4.69, 9.17) is 4.98 Å². The van der Waals surface area contributed by atoms with Gasteiger partial charge in [0.2, 0.25) is 5.91 Å². The molecule has 1 aliphatic carbocycles. The van der Waals surface area contributed by atoms with Crippen molar-refractivity contribution in [3.8, 4) is 0 Å². The molecular formula is C21H23N3OS. The maximum absolute atomic E-state index is 13.1. The summed E-state index contributed by atoms with van der Waals surface area (Å²) in [4.78, 5) is 19.7. The van der Waals surface area contributed by atoms with E-state index in [1.165, 1.54) is 11.1 Å². The molecule has 2 aromatic carbocycles. The molecule has 1 amide bonds. The third-order valence-corrected chi connectivity index (χ3v) is 5.81. The summed E-state index contributed by atoms with van der Waals surface area (Å²) < 4.78 is 2.07. The molecule has 1 aromatic heterocycles. The first-order valence-electron chi connectivity index (χ1n) is 8.95. The Morgan fingerprint density at radius 3 is 2.85 bits per heavy atom. The van der Waals surface area contributed by atoms with Crippen LogP contribution < -0.4 is 0 Å². The van der Waals surface area contributed by atoms with Gasteiger partial charge in [0.1, 0.15) is 12.4 Å². The van der Waals surface area contributed by atoms with E-state index < -0.39 is 0 Å². The predicted molar refractivity (Wildman–Crippen MR) is 107 cm³/mol. The zero-order chi connectivity index (χ0) is 18.1. The molecule has 26 heavy (non-hydrogen) atoms. The number of benzene rings is 2. The lowest BCUT2D eigenvalue weighted by molar-refractivity contribution is -0.132. The number of imidazole rings is 1. The average molecular weight is 366 g/mol. The summed E-state index contributed by atoms with van der Waals surface area (Å²) in [6.45, 7) is 0.339. The number of aryl methyl sites for hydroxylation is 1. The average Bonchev–Trinajstić information content (AvgIpc) is 3.23. The van der Waals surface area contributed by atoms with E-state index in [1.54, 1.807) is 11.8 Å². The number of amides is 1. The minimum atomic E-state index is 0.136. The maximum Gasteiger partial charge on any atom is 0.242 e. The van der Waals surface area contributed by atoms with Gasteiger partial charge in [-0.25, -0.2) is 4.98 Å². The quantitative estimate of drug-likeness (QED) is 0.685. The van der Waals surface area contributed by atoms with E-state index in [0.29, 0.717) is 6.54 Å². The molecule has 1 unspecified atom stereocenters. The summed E-state index contributed by atoms with van der Waals surface area (Å²) in [6, 6.07) is 16.7. The Bertz CT molecular complexity index is 949. The normalized spacial score (nSPS) is 16.0. The Balaban J connectivity index is 1.60. The summed E-state index contributed by atoms with van der Waals surface area (Å²) in [5.74, 6) is 1.90. The number of likely N-dealkylation sites (N-methyl/N-ethyl adjacent to an activating group) is 1. The summed E-state index contributed by atoms with van der Waals surface area (Å²) in [6.07, 6.45) is 4.11. The van der Waals surface area contributed by atoms with E-state index in [2.05, 4.69) is 35.1 Å². The topological polar surface area (TPSA) is 38.1 Å². The number of hydrogen-bond donors (Lipinski definition) is 0. The standard InChI is InChI=1S/C21H23N3OS/c1-23(18-12-11-15-7-3-4-8-16(15)18)21(25)13-24-19-10-6-5-9-17(19)22-20(24)14-26-2/h3-10,18H,11-14H2,1-2H3. The fraction of sp³-hybridized carbons (Fsp3) is 0.333. The molecular weight excluding hydrogens is 342 g/mol. The number of hydrogen-bond acceptors (Lipinski definition) is 3. The highest BCUT2D eigenvalue weighted by atomic mass is 32.2. The van der Waals surface area contributed by atoms with Crippen molar-refractivity contribution in [2.45, 2.75) is 31.2 Å². The number of rotatable bonds is 5. The molecule has 0 saturated heterocycles. The lowest BCUT2D eigenvalue weighted by Gasteiger charge is -2.26. The van der Waals surface area contributed by atoms with Crippen molar-refractivity contribution in [1.29, 1.82) is 0 Å². The van der Waals surface area contributed by atoms with E-state index >= 15 is 0 Å². The minimum Gasteiger partial charge on any atom is -0.337 e. The Morgan fingerprint density at radius 2 is 2.00 bits per heavy atom. The van der Waals surface area contributed by atoms with Crippen molar-refractivity contribution >= 4 is 28.7 Å². The van der Waals surface area contributed by atoms with Gasteiger partial charge in [-0.3, -0.25) is 4.79 Å². The van der Waals surface area contributed by atoms with Crippen LogP contribution in [-0.2, 0) is 23.5 Å². The number of carbonyl (C=O) groups is 1. The first-order valence-corrected chi connectivity index (χ1v) is 10.3. The number of aromatic nitrogens is 2. The molecule has 1 atom stereocenters. The van der Waals surface area contributed by atoms with Gasteiger partial charge in [0.05, 0.1) is 22.8 Å². The van der Waals surface area contributed by atoms with Crippen LogP contribution in [0, 0.1) is 0 Å². The van der Waals surface area contributed by atoms with Gasteiger partial charge in [-0.05, 0) is 42.4 Å². The molecule has 0 spiro atoms. The van der Waals surface area contributed by atoms with Crippen molar-refractivity contribution in [1.82, 2.24) is 14.5 Å². The molecule has 0 aliphatic heterocycles. The highest BCUT2D eigenvalue weighted by Gasteiger charge is 2.28. The second-order valence-corrected chi connectivity index (χ2v) is 7.66. The fourth-order valence-corrected chi connectivity index (χ4v) is 4.38. The third kappa shape index (κ3) is 3.01. The Labute approximate surface area is 158 Å². The van der Waals surface area contributed by atoms with Gasteiger partial charge in [0.25, 0.3) is 0 Å². The molecule has 5 heteroatoms. The number of thioether (sulfide) groups is 1. The molecule has 0 radical (unpaired) electrons. The Hall–Kier alpha value is -2.27. The fourth-order valence-electron chi connectivity index (χ4n) is 3.90. The van der Waals surface area contributed by atoms with Gasteiger partial charge >= 0.3 is 0 Å². The zero-order valence-corrected chi connectivity index (χ0v) is 16.0. The SMILES string of the molecule is CSCc1nc2ccccc2n1CC(=O)N(C)C1CCc2ccccc21. The molecule has 0 N–H and O–H groups in total. The maximum atomic E-state index is 13.1. The van der Waals surface area contributed by atoms with Gasteiger partial charge in [-0.15, -0.1) is 0 Å². The van der Waals surface area contributed by atoms with Crippen LogP contribution in [0.25, 0.3) is 11.0 Å². The smallest absolute Gasteiger partial charge is 0.242 e. The summed E-state index contributed by atoms with van der Waals surface area (Å²) in [5.41, 5.74) is 4.65. The first kappa shape index (κ1) is 17.2. The highest BCUT2D eigenvalue weighted by Crippen LogP contribution is 2.35. The third-order valence-electron chi connectivity index (χ3n) is 5.26. The largest absolute Gasteiger partial charge is 0.337 e. The van der Waals surface area contributed by atoms with Crippen molar-refractivity contribution in [3.63, 3.8) is 0 Å². The Morgan fingerprint density at radius 1 is 1.23 bits per heavy atom. The van der Waals surface area contributed by atoms with Gasteiger partial charge < -0.3 is 9.47 Å². The van der Waals surface area contributed by atoms with Crippen LogP contribution in [0.15, 0.2) is 48.5 Å². The number of carbonyl (C=O) groups excluding carboxylic acids is 1. The Kier molecular flexibility index (Phi) is 4.72. The van der Waals surface area contributed by atoms with E-state index in [1.807, 2.05) is 36.2 Å². The number of para-hydroxylation sites is 2. The summed E-state index contributed by atoms with van der Waals surface area (Å²) in [7, 11) is 1.93. The van der Waals surface area contributed by atoms with Crippen LogP contribution in [0.3, 0.4) is 0 Å². The van der Waals surface area contributed by atoms with Crippen LogP contribution >= 0.6 is 11.8 Å². The van der Waals surface area contributed by atoms with Gasteiger partial charge in [0, 0.05) is 7.05 Å². The van der Waals surface area contributed by atoms with E-state index in [-0.39, 0.29) is 11.9 Å². The van der Waals surface area contributed by atoms with Crippen LogP contribution in [0.4, 0.5) is 0 Å². The molecule has 0 saturated carbocycles. The molecule has 0 bridgehead atoms. The van der Waals surface area contributed by atoms with Gasteiger partial charge in [-0.1, -0.05) is 36.4 Å². The van der Waals surface area contributed by atoms with E-state index in [0.717, 1.165) is 35.5 Å². The van der Waals surface area contributed by atoms with Crippen molar-refractivity contribution in [3.05, 3.63) is 65.5 Å². The monoisotopic (exact) mass is 365 g/mol. The molecule has 134 valence electrons. The van der Waals surface area contributed by atoms with Crippen LogP contribution in [0.5, 0.6) is 0 Å². The molecule has 4 rings (SSSR count). The van der Waals surface area contributed by atoms with Crippen molar-refractivity contribution in [2.75, 3.05) is 13.3 Å². The first-order chi connectivity index (χ1) is 12.7. The zero-order valence-electron chi connectivity index (χ0n) is 15.2. The van der Waals surface area contributed by atoms with Crippen LogP contribution in [0.2, 0.25) is 0 Å². The minimum absolute atomic E-state index is 0.136. The lowest BCUT2D eigenvalue weighted by atomic mass is 10.1. The summed E-state index contributed by atoms with van der Waals surface area (Å²) in [5, 5.41) is 0. The molecule has 4 nitrogen and oxygen atoms in total. The molecule has 1 aliphatic rings. The highest BCUT2D eigenvalue weighted by molar-refractivity contribution is 7.97. The predicted octanol–water partition coefficient (Wildman–Crippen LogP) is 4.05. The van der Waals surface area contributed by atoms with Crippen molar-refractivity contribution < 1.29 is 4.79 Å². The molecule has 3 aromatic rings. The van der Waals surface area contributed by atoms with Gasteiger partial charge in [0.15, 0.2) is 0 Å². The van der Waals surface area contributed by atoms with Crippen molar-refractivity contribution in [2.24, 2.45) is 0 Å². The second-order valence-electron chi connectivity index (χ2n) is 6.79. The lowest BCUT2D eigenvalue weighted by Crippen LogP contribution is -2.33.